The van der Waals surface area contributed by atoms with Crippen LogP contribution in [0.5, 0.6) is 11.5 Å². The summed E-state index contributed by atoms with van der Waals surface area (Å²) in [5, 5.41) is 11.1. The zero-order chi connectivity index (χ0) is 33.7. The first kappa shape index (κ1) is 35.0. The Morgan fingerprint density at radius 1 is 0.978 bits per heavy atom. The maximum absolute atomic E-state index is 13.4. The predicted octanol–water partition coefficient (Wildman–Crippen LogP) is 8.00. The van der Waals surface area contributed by atoms with Gasteiger partial charge in [-0.15, -0.1) is 11.3 Å². The maximum atomic E-state index is 13.4. The van der Waals surface area contributed by atoms with E-state index in [-0.39, 0.29) is 28.7 Å². The minimum Gasteiger partial charge on any atom is -0.493 e. The van der Waals surface area contributed by atoms with Crippen molar-refractivity contribution in [2.24, 2.45) is 16.7 Å². The first-order valence-corrected chi connectivity index (χ1v) is 16.4. The maximum Gasteiger partial charge on any atom is 0.229 e. The Morgan fingerprint density at radius 2 is 1.72 bits per heavy atom. The number of anilines is 3. The average Bonchev–Trinajstić information content (AvgIpc) is 3.36. The topological polar surface area (TPSA) is 110 Å². The molecule has 0 saturated carbocycles. The van der Waals surface area contributed by atoms with Crippen molar-refractivity contribution in [3.05, 3.63) is 59.6 Å². The summed E-state index contributed by atoms with van der Waals surface area (Å²) in [5.41, 5.74) is 1.36. The van der Waals surface area contributed by atoms with Gasteiger partial charge in [0.15, 0.2) is 16.6 Å². The first-order valence-electron chi connectivity index (χ1n) is 15.5. The summed E-state index contributed by atoms with van der Waals surface area (Å²) >= 11 is 1.33. The fourth-order valence-corrected chi connectivity index (χ4v) is 7.96. The predicted molar refractivity (Wildman–Crippen MR) is 185 cm³/mol. The normalized spacial score (nSPS) is 12.4. The van der Waals surface area contributed by atoms with Crippen LogP contribution in [0.15, 0.2) is 48.9 Å². The van der Waals surface area contributed by atoms with E-state index in [1.165, 1.54) is 29.8 Å². The molecule has 4 aromatic rings. The number of halogens is 1. The molecular formula is C35H47FN6O3S. The number of nitrogens with zero attached hydrogens (tertiary/aromatic N) is 3. The van der Waals surface area contributed by atoms with Crippen molar-refractivity contribution in [2.45, 2.75) is 73.8 Å². The van der Waals surface area contributed by atoms with E-state index in [0.717, 1.165) is 23.2 Å². The molecule has 0 bridgehead atoms. The second-order valence-electron chi connectivity index (χ2n) is 14.3. The Bertz CT molecular complexity index is 1630. The number of benzene rings is 2. The summed E-state index contributed by atoms with van der Waals surface area (Å²) < 4.78 is 25.3. The van der Waals surface area contributed by atoms with Crippen molar-refractivity contribution in [2.75, 3.05) is 30.9 Å². The first-order chi connectivity index (χ1) is 21.6. The van der Waals surface area contributed by atoms with Crippen molar-refractivity contribution in [1.82, 2.24) is 20.3 Å². The van der Waals surface area contributed by atoms with Gasteiger partial charge in [0.1, 0.15) is 18.0 Å². The van der Waals surface area contributed by atoms with Gasteiger partial charge in [0.25, 0.3) is 0 Å². The zero-order valence-electron chi connectivity index (χ0n) is 28.4. The third-order valence-corrected chi connectivity index (χ3v) is 8.67. The van der Waals surface area contributed by atoms with Crippen molar-refractivity contribution >= 4 is 44.8 Å². The van der Waals surface area contributed by atoms with E-state index in [2.05, 4.69) is 86.3 Å². The van der Waals surface area contributed by atoms with E-state index >= 15 is 0 Å². The van der Waals surface area contributed by atoms with Crippen molar-refractivity contribution in [3.63, 3.8) is 0 Å². The second kappa shape index (κ2) is 14.3. The summed E-state index contributed by atoms with van der Waals surface area (Å²) in [4.78, 5) is 26.5. The Morgan fingerprint density at radius 3 is 2.39 bits per heavy atom. The van der Waals surface area contributed by atoms with Gasteiger partial charge in [-0.25, -0.2) is 19.3 Å². The van der Waals surface area contributed by atoms with Gasteiger partial charge in [-0.1, -0.05) is 47.6 Å². The molecule has 2 aromatic carbocycles. The van der Waals surface area contributed by atoms with E-state index in [0.29, 0.717) is 46.2 Å². The number of methoxy groups -OCH3 is 1. The number of thiazole rings is 1. The van der Waals surface area contributed by atoms with Crippen molar-refractivity contribution < 1.29 is 18.7 Å². The molecule has 0 radical (unpaired) electrons. The number of ether oxygens (including phenoxy) is 2. The average molecular weight is 651 g/mol. The zero-order valence-corrected chi connectivity index (χ0v) is 29.2. The lowest BCUT2D eigenvalue weighted by atomic mass is 9.59. The molecule has 4 rings (SSSR count). The van der Waals surface area contributed by atoms with E-state index < -0.39 is 5.82 Å². The van der Waals surface area contributed by atoms with Crippen LogP contribution in [-0.4, -0.2) is 46.7 Å². The Labute approximate surface area is 275 Å². The number of nitrogens with one attached hydrogen (secondary N) is 3. The van der Waals surface area contributed by atoms with Gasteiger partial charge in [-0.3, -0.25) is 4.79 Å². The van der Waals surface area contributed by atoms with Gasteiger partial charge in [0, 0.05) is 33.8 Å². The lowest BCUT2D eigenvalue weighted by Gasteiger charge is -2.51. The number of hydrogen-bond donors (Lipinski definition) is 3. The van der Waals surface area contributed by atoms with Gasteiger partial charge in [-0.2, -0.15) is 0 Å². The highest BCUT2D eigenvalue weighted by molar-refractivity contribution is 7.15. The molecule has 11 heteroatoms. The van der Waals surface area contributed by atoms with Gasteiger partial charge in [-0.05, 0) is 67.8 Å². The quantitative estimate of drug-likeness (QED) is 0.125. The van der Waals surface area contributed by atoms with E-state index in [1.807, 2.05) is 12.1 Å². The van der Waals surface area contributed by atoms with Crippen LogP contribution in [-0.2, 0) is 11.2 Å². The number of amides is 1. The minimum atomic E-state index is -0.410. The molecular weight excluding hydrogens is 603 g/mol. The summed E-state index contributed by atoms with van der Waals surface area (Å²) in [6, 6.07) is 9.50. The van der Waals surface area contributed by atoms with Gasteiger partial charge in [0.05, 0.1) is 25.7 Å². The highest BCUT2D eigenvalue weighted by Crippen LogP contribution is 2.46. The molecule has 0 unspecified atom stereocenters. The second-order valence-corrected chi connectivity index (χ2v) is 15.4. The molecule has 0 spiro atoms. The standard InChI is InChI=1S/C35H47FN6O3S/c1-33(2,3)31(34(4,5)6)35(7,8)40-14-11-15-45-28-19-26-25(18-27(28)44-9)30(39-21-38-26)42-32-37-20-24(46-32)17-29(43)41-23-13-10-12-22(36)16-23/h10,12-13,16,18-21,31,40H,11,14-15,17H2,1-9H3,(H,41,43)(H,37,38,39,42). The van der Waals surface area contributed by atoms with E-state index in [9.17, 15) is 9.18 Å². The van der Waals surface area contributed by atoms with Crippen LogP contribution in [0.1, 0.15) is 66.7 Å². The Hall–Kier alpha value is -3.83. The molecule has 0 fully saturated rings. The summed E-state index contributed by atoms with van der Waals surface area (Å²) in [5.74, 6) is 1.53. The number of rotatable bonds is 13. The molecule has 248 valence electrons. The Kier molecular flexibility index (Phi) is 10.9. The third-order valence-electron chi connectivity index (χ3n) is 7.76. The lowest BCUT2D eigenvalue weighted by molar-refractivity contribution is -0.115. The molecule has 46 heavy (non-hydrogen) atoms. The molecule has 3 N–H and O–H groups in total. The molecule has 0 aliphatic rings. The van der Waals surface area contributed by atoms with Gasteiger partial charge < -0.3 is 25.4 Å². The van der Waals surface area contributed by atoms with Crippen LogP contribution >= 0.6 is 11.3 Å². The van der Waals surface area contributed by atoms with Crippen LogP contribution in [0, 0.1) is 22.6 Å². The molecule has 9 nitrogen and oxygen atoms in total. The minimum absolute atomic E-state index is 0.0507. The number of aromatic nitrogens is 3. The SMILES string of the molecule is COc1cc2c(Nc3ncc(CC(=O)Nc4cccc(F)c4)s3)ncnc2cc1OCCCNC(C)(C)C(C(C)(C)C)C(C)(C)C. The summed E-state index contributed by atoms with van der Waals surface area (Å²) in [6.07, 6.45) is 4.05. The van der Waals surface area contributed by atoms with Gasteiger partial charge in [0.2, 0.25) is 5.91 Å². The molecule has 1 amide bonds. The smallest absolute Gasteiger partial charge is 0.229 e. The summed E-state index contributed by atoms with van der Waals surface area (Å²) in [6.45, 7) is 19.8. The molecule has 0 saturated heterocycles. The molecule has 0 aliphatic heterocycles. The van der Waals surface area contributed by atoms with Crippen LogP contribution in [0.2, 0.25) is 0 Å². The number of fused-ring (bicyclic) bond motifs is 1. The number of hydrogen-bond acceptors (Lipinski definition) is 9. The van der Waals surface area contributed by atoms with Crippen LogP contribution < -0.4 is 25.4 Å². The summed E-state index contributed by atoms with van der Waals surface area (Å²) in [7, 11) is 1.61. The highest BCUT2D eigenvalue weighted by Gasteiger charge is 2.44. The highest BCUT2D eigenvalue weighted by atomic mass is 32.1. The largest absolute Gasteiger partial charge is 0.493 e. The van der Waals surface area contributed by atoms with Crippen molar-refractivity contribution in [3.8, 4) is 11.5 Å². The lowest BCUT2D eigenvalue weighted by Crippen LogP contribution is -2.56. The van der Waals surface area contributed by atoms with Crippen LogP contribution in [0.25, 0.3) is 10.9 Å². The van der Waals surface area contributed by atoms with Crippen LogP contribution in [0.4, 0.5) is 21.0 Å². The molecule has 2 heterocycles. The molecule has 2 aromatic heterocycles. The number of carbonyl (C=O) groups is 1. The molecule has 0 aliphatic carbocycles. The fourth-order valence-electron chi connectivity index (χ4n) is 7.14. The van der Waals surface area contributed by atoms with Gasteiger partial charge >= 0.3 is 0 Å². The fraction of sp³-hybridized carbons (Fsp3) is 0.486. The monoisotopic (exact) mass is 650 g/mol. The molecule has 0 atom stereocenters. The van der Waals surface area contributed by atoms with Crippen molar-refractivity contribution in [1.29, 1.82) is 0 Å². The number of carbonyl (C=O) groups excluding carboxylic acids is 1. The third kappa shape index (κ3) is 9.13. The van der Waals surface area contributed by atoms with Crippen LogP contribution in [0.3, 0.4) is 0 Å². The Balaban J connectivity index is 1.37. The van der Waals surface area contributed by atoms with E-state index in [1.54, 1.807) is 25.4 Å². The van der Waals surface area contributed by atoms with E-state index in [4.69, 9.17) is 9.47 Å².